The summed E-state index contributed by atoms with van der Waals surface area (Å²) >= 11 is 7.42. The van der Waals surface area contributed by atoms with Gasteiger partial charge in [0.15, 0.2) is 4.80 Å². The molecule has 1 aromatic heterocycles. The zero-order valence-corrected chi connectivity index (χ0v) is 21.7. The van der Waals surface area contributed by atoms with Crippen LogP contribution >= 0.6 is 22.9 Å². The molecule has 0 aliphatic heterocycles. The standard InChI is InChI=1S/C25H28ClN3O3S2/c1-4-7-16-28(17-8-5-2)34(31,32)21-12-9-19(10-13-21)24(30)27-25-29(15-6-3)22-14-11-20(26)18-23(22)33-25/h3,9-14,18H,4-5,7-8,15-17H2,1-2H3. The number of benzene rings is 2. The quantitative estimate of drug-likeness (QED) is 0.341. The average Bonchev–Trinajstić information content (AvgIpc) is 3.15. The van der Waals surface area contributed by atoms with Gasteiger partial charge < -0.3 is 4.57 Å². The van der Waals surface area contributed by atoms with E-state index in [0.29, 0.717) is 28.5 Å². The van der Waals surface area contributed by atoms with Gasteiger partial charge in [0.1, 0.15) is 0 Å². The monoisotopic (exact) mass is 517 g/mol. The van der Waals surface area contributed by atoms with Crippen molar-refractivity contribution in [3.63, 3.8) is 0 Å². The molecule has 34 heavy (non-hydrogen) atoms. The minimum absolute atomic E-state index is 0.176. The van der Waals surface area contributed by atoms with Gasteiger partial charge in [0.2, 0.25) is 10.0 Å². The molecule has 0 spiro atoms. The van der Waals surface area contributed by atoms with E-state index in [2.05, 4.69) is 10.9 Å². The number of fused-ring (bicyclic) bond motifs is 1. The van der Waals surface area contributed by atoms with Gasteiger partial charge in [0, 0.05) is 23.7 Å². The van der Waals surface area contributed by atoms with Crippen molar-refractivity contribution in [2.45, 2.75) is 51.0 Å². The van der Waals surface area contributed by atoms with Crippen molar-refractivity contribution < 1.29 is 13.2 Å². The van der Waals surface area contributed by atoms with E-state index in [4.69, 9.17) is 18.0 Å². The second-order valence-corrected chi connectivity index (χ2v) is 11.2. The lowest BCUT2D eigenvalue weighted by molar-refractivity contribution is 0.0998. The number of nitrogens with zero attached hydrogens (tertiary/aromatic N) is 3. The molecule has 1 heterocycles. The zero-order chi connectivity index (χ0) is 24.7. The predicted octanol–water partition coefficient (Wildman–Crippen LogP) is 5.32. The normalized spacial score (nSPS) is 12.4. The molecule has 0 unspecified atom stereocenters. The zero-order valence-electron chi connectivity index (χ0n) is 19.3. The SMILES string of the molecule is C#CCn1c(=NC(=O)c2ccc(S(=O)(=O)N(CCCC)CCCC)cc2)sc2cc(Cl)ccc21. The maximum atomic E-state index is 13.1. The highest BCUT2D eigenvalue weighted by atomic mass is 35.5. The number of unbranched alkanes of at least 4 members (excludes halogenated alkanes) is 2. The Balaban J connectivity index is 1.91. The predicted molar refractivity (Wildman–Crippen MR) is 139 cm³/mol. The highest BCUT2D eigenvalue weighted by molar-refractivity contribution is 7.89. The number of amides is 1. The molecule has 6 nitrogen and oxygen atoms in total. The van der Waals surface area contributed by atoms with Crippen molar-refractivity contribution in [2.75, 3.05) is 13.1 Å². The number of carbonyl (C=O) groups is 1. The van der Waals surface area contributed by atoms with Crippen molar-refractivity contribution in [2.24, 2.45) is 4.99 Å². The van der Waals surface area contributed by atoms with Crippen LogP contribution in [-0.4, -0.2) is 36.3 Å². The minimum atomic E-state index is -3.63. The molecule has 0 N–H and O–H groups in total. The van der Waals surface area contributed by atoms with E-state index in [1.807, 2.05) is 19.9 Å². The van der Waals surface area contributed by atoms with E-state index in [1.54, 1.807) is 16.7 Å². The Labute approximate surface area is 209 Å². The molecule has 0 atom stereocenters. The van der Waals surface area contributed by atoms with Crippen LogP contribution in [0.15, 0.2) is 52.4 Å². The summed E-state index contributed by atoms with van der Waals surface area (Å²) in [5.41, 5.74) is 1.15. The first-order valence-electron chi connectivity index (χ1n) is 11.2. The van der Waals surface area contributed by atoms with Gasteiger partial charge >= 0.3 is 0 Å². The van der Waals surface area contributed by atoms with Gasteiger partial charge in [0.05, 0.1) is 21.7 Å². The minimum Gasteiger partial charge on any atom is -0.305 e. The maximum absolute atomic E-state index is 13.1. The molecule has 0 bridgehead atoms. The summed E-state index contributed by atoms with van der Waals surface area (Å²) in [5.74, 6) is 2.12. The van der Waals surface area contributed by atoms with Crippen LogP contribution in [0, 0.1) is 12.3 Å². The lowest BCUT2D eigenvalue weighted by Gasteiger charge is -2.22. The average molecular weight is 518 g/mol. The lowest BCUT2D eigenvalue weighted by Crippen LogP contribution is -2.33. The number of hydrogen-bond acceptors (Lipinski definition) is 4. The molecule has 3 aromatic rings. The summed E-state index contributed by atoms with van der Waals surface area (Å²) < 4.78 is 30.5. The molecule has 0 saturated carbocycles. The number of rotatable bonds is 10. The van der Waals surface area contributed by atoms with Crippen LogP contribution < -0.4 is 4.80 Å². The lowest BCUT2D eigenvalue weighted by atomic mass is 10.2. The van der Waals surface area contributed by atoms with E-state index in [9.17, 15) is 13.2 Å². The number of terminal acetylenes is 1. The van der Waals surface area contributed by atoms with Crippen LogP contribution in [0.4, 0.5) is 0 Å². The first kappa shape index (κ1) is 26.2. The van der Waals surface area contributed by atoms with Crippen LogP contribution in [-0.2, 0) is 16.6 Å². The third-order valence-corrected chi connectivity index (χ3v) is 8.54. The highest BCUT2D eigenvalue weighted by Gasteiger charge is 2.23. The smallest absolute Gasteiger partial charge is 0.279 e. The fourth-order valence-corrected chi connectivity index (χ4v) is 6.29. The van der Waals surface area contributed by atoms with E-state index >= 15 is 0 Å². The van der Waals surface area contributed by atoms with Crippen LogP contribution in [0.2, 0.25) is 5.02 Å². The van der Waals surface area contributed by atoms with Gasteiger partial charge in [-0.15, -0.1) is 6.42 Å². The van der Waals surface area contributed by atoms with Gasteiger partial charge in [-0.1, -0.05) is 55.5 Å². The number of aromatic nitrogens is 1. The third kappa shape index (κ3) is 5.97. The van der Waals surface area contributed by atoms with Crippen LogP contribution in [0.3, 0.4) is 0 Å². The van der Waals surface area contributed by atoms with Crippen molar-refractivity contribution in [3.8, 4) is 12.3 Å². The van der Waals surface area contributed by atoms with Gasteiger partial charge in [-0.05, 0) is 55.3 Å². The Morgan fingerprint density at radius 1 is 1.12 bits per heavy atom. The van der Waals surface area contributed by atoms with E-state index in [1.165, 1.54) is 39.9 Å². The molecule has 9 heteroatoms. The number of sulfonamides is 1. The van der Waals surface area contributed by atoms with Gasteiger partial charge in [-0.25, -0.2) is 8.42 Å². The Kier molecular flexibility index (Phi) is 9.09. The fourth-order valence-electron chi connectivity index (χ4n) is 3.47. The molecule has 0 aliphatic carbocycles. The second-order valence-electron chi connectivity index (χ2n) is 7.84. The summed E-state index contributed by atoms with van der Waals surface area (Å²) in [7, 11) is -3.63. The van der Waals surface area contributed by atoms with Crippen molar-refractivity contribution in [1.82, 2.24) is 8.87 Å². The molecular weight excluding hydrogens is 490 g/mol. The molecule has 3 rings (SSSR count). The molecule has 0 aliphatic rings. The Morgan fingerprint density at radius 3 is 2.35 bits per heavy atom. The topological polar surface area (TPSA) is 71.7 Å². The molecular formula is C25H28ClN3O3S2. The van der Waals surface area contributed by atoms with Crippen LogP contribution in [0.25, 0.3) is 10.2 Å². The maximum Gasteiger partial charge on any atom is 0.279 e. The highest BCUT2D eigenvalue weighted by Crippen LogP contribution is 2.22. The molecule has 0 saturated heterocycles. The summed E-state index contributed by atoms with van der Waals surface area (Å²) in [6.07, 6.45) is 8.95. The van der Waals surface area contributed by atoms with Crippen molar-refractivity contribution >= 4 is 49.1 Å². The van der Waals surface area contributed by atoms with Gasteiger partial charge in [0.25, 0.3) is 5.91 Å². The molecule has 2 aromatic carbocycles. The number of carbonyl (C=O) groups excluding carboxylic acids is 1. The molecule has 0 fully saturated rings. The number of hydrogen-bond donors (Lipinski definition) is 0. The number of thiazole rings is 1. The molecule has 0 radical (unpaired) electrons. The second kappa shape index (κ2) is 11.8. The van der Waals surface area contributed by atoms with Crippen molar-refractivity contribution in [3.05, 3.63) is 57.9 Å². The summed E-state index contributed by atoms with van der Waals surface area (Å²) in [6, 6.07) is 11.4. The van der Waals surface area contributed by atoms with Crippen molar-refractivity contribution in [1.29, 1.82) is 0 Å². The first-order chi connectivity index (χ1) is 16.3. The summed E-state index contributed by atoms with van der Waals surface area (Å²) in [4.78, 5) is 17.8. The Morgan fingerprint density at radius 2 is 1.76 bits per heavy atom. The van der Waals surface area contributed by atoms with E-state index in [0.717, 1.165) is 35.9 Å². The molecule has 180 valence electrons. The van der Waals surface area contributed by atoms with E-state index < -0.39 is 15.9 Å². The van der Waals surface area contributed by atoms with Gasteiger partial charge in [-0.2, -0.15) is 9.30 Å². The van der Waals surface area contributed by atoms with Gasteiger partial charge in [-0.3, -0.25) is 4.79 Å². The van der Waals surface area contributed by atoms with Crippen LogP contribution in [0.1, 0.15) is 49.9 Å². The Bertz CT molecular complexity index is 1360. The molecule has 1 amide bonds. The van der Waals surface area contributed by atoms with Crippen LogP contribution in [0.5, 0.6) is 0 Å². The number of halogens is 1. The fraction of sp³-hybridized carbons (Fsp3) is 0.360. The third-order valence-electron chi connectivity index (χ3n) is 5.35. The summed E-state index contributed by atoms with van der Waals surface area (Å²) in [6.45, 7) is 5.30. The summed E-state index contributed by atoms with van der Waals surface area (Å²) in [5, 5.41) is 0.586. The Hall–Kier alpha value is -2.44. The largest absolute Gasteiger partial charge is 0.305 e. The van der Waals surface area contributed by atoms with E-state index in [-0.39, 0.29) is 11.4 Å². The first-order valence-corrected chi connectivity index (χ1v) is 13.9.